The number of para-hydroxylation sites is 1. The molecule has 2 fully saturated rings. The summed E-state index contributed by atoms with van der Waals surface area (Å²) >= 11 is 0. The van der Waals surface area contributed by atoms with Gasteiger partial charge >= 0.3 is 0 Å². The lowest BCUT2D eigenvalue weighted by Crippen LogP contribution is -2.41. The highest BCUT2D eigenvalue weighted by Crippen LogP contribution is 2.49. The molecule has 2 aromatic carbocycles. The van der Waals surface area contributed by atoms with Crippen molar-refractivity contribution in [1.82, 2.24) is 9.29 Å². The average molecular weight is 434 g/mol. The van der Waals surface area contributed by atoms with Crippen LogP contribution < -0.4 is 4.90 Å². The number of fused-ring (bicyclic) bond motifs is 1. The zero-order valence-electron chi connectivity index (χ0n) is 16.6. The van der Waals surface area contributed by atoms with Gasteiger partial charge in [0.1, 0.15) is 0 Å². The van der Waals surface area contributed by atoms with E-state index in [1.54, 1.807) is 30.1 Å². The SMILES string of the molecule is CN(CC1CC1(F)F)c1ccc(S(=O)(=O)N2CCC2)cc1-c1cc2ccccc2[nH]1.[HH]. The van der Waals surface area contributed by atoms with Crippen molar-refractivity contribution in [2.45, 2.75) is 23.7 Å². The minimum atomic E-state index is -3.55. The van der Waals surface area contributed by atoms with Crippen molar-refractivity contribution >= 4 is 26.6 Å². The maximum atomic E-state index is 13.5. The molecule has 5 nitrogen and oxygen atoms in total. The summed E-state index contributed by atoms with van der Waals surface area (Å²) in [4.78, 5) is 5.37. The molecule has 2 heterocycles. The van der Waals surface area contributed by atoms with Crippen molar-refractivity contribution < 1.29 is 18.6 Å². The van der Waals surface area contributed by atoms with Crippen LogP contribution in [0.4, 0.5) is 14.5 Å². The van der Waals surface area contributed by atoms with Gasteiger partial charge in [-0.15, -0.1) is 0 Å². The Morgan fingerprint density at radius 2 is 1.93 bits per heavy atom. The van der Waals surface area contributed by atoms with Crippen LogP contribution in [0.2, 0.25) is 0 Å². The normalized spacial score (nSPS) is 20.8. The van der Waals surface area contributed by atoms with Gasteiger partial charge in [0, 0.05) is 68.3 Å². The van der Waals surface area contributed by atoms with Gasteiger partial charge in [-0.3, -0.25) is 0 Å². The summed E-state index contributed by atoms with van der Waals surface area (Å²) < 4.78 is 54.3. The van der Waals surface area contributed by atoms with E-state index in [9.17, 15) is 17.2 Å². The van der Waals surface area contributed by atoms with Crippen molar-refractivity contribution in [2.24, 2.45) is 5.92 Å². The van der Waals surface area contributed by atoms with E-state index in [1.807, 2.05) is 30.3 Å². The first-order valence-electron chi connectivity index (χ1n) is 10.1. The van der Waals surface area contributed by atoms with Gasteiger partial charge < -0.3 is 9.88 Å². The van der Waals surface area contributed by atoms with E-state index in [4.69, 9.17) is 0 Å². The second-order valence-electron chi connectivity index (χ2n) is 8.25. The molecule has 0 radical (unpaired) electrons. The molecule has 1 saturated carbocycles. The number of hydrogen-bond donors (Lipinski definition) is 1. The van der Waals surface area contributed by atoms with Crippen LogP contribution in [0.3, 0.4) is 0 Å². The van der Waals surface area contributed by atoms with Gasteiger partial charge in [0.05, 0.1) is 4.90 Å². The number of nitrogens with one attached hydrogen (secondary N) is 1. The van der Waals surface area contributed by atoms with Crippen LogP contribution in [0.15, 0.2) is 53.4 Å². The summed E-state index contributed by atoms with van der Waals surface area (Å²) in [6, 6.07) is 14.7. The number of rotatable bonds is 6. The second-order valence-corrected chi connectivity index (χ2v) is 10.2. The Labute approximate surface area is 175 Å². The molecule has 8 heteroatoms. The van der Waals surface area contributed by atoms with Crippen LogP contribution in [0.25, 0.3) is 22.2 Å². The summed E-state index contributed by atoms with van der Waals surface area (Å²) in [5, 5.41) is 1.01. The van der Waals surface area contributed by atoms with Crippen LogP contribution in [-0.4, -0.2) is 50.3 Å². The van der Waals surface area contributed by atoms with Gasteiger partial charge in [0.15, 0.2) is 0 Å². The Bertz CT molecular complexity index is 1190. The molecular formula is C22H25F2N3O2S. The maximum absolute atomic E-state index is 13.5. The Hall–Kier alpha value is -2.45. The number of aromatic amines is 1. The van der Waals surface area contributed by atoms with Crippen LogP contribution in [0, 0.1) is 5.92 Å². The number of H-pyrrole nitrogens is 1. The van der Waals surface area contributed by atoms with Crippen molar-refractivity contribution in [3.05, 3.63) is 48.5 Å². The highest BCUT2D eigenvalue weighted by atomic mass is 32.2. The smallest absolute Gasteiger partial charge is 0.253 e. The van der Waals surface area contributed by atoms with Crippen molar-refractivity contribution in [3.8, 4) is 11.3 Å². The van der Waals surface area contributed by atoms with E-state index in [2.05, 4.69) is 4.98 Å². The molecule has 3 aromatic rings. The van der Waals surface area contributed by atoms with Crippen molar-refractivity contribution in [1.29, 1.82) is 0 Å². The quantitative estimate of drug-likeness (QED) is 0.620. The molecule has 1 atom stereocenters. The van der Waals surface area contributed by atoms with Crippen LogP contribution in [-0.2, 0) is 10.0 Å². The molecular weight excluding hydrogens is 408 g/mol. The fourth-order valence-electron chi connectivity index (χ4n) is 4.02. The number of aromatic nitrogens is 1. The Morgan fingerprint density at radius 1 is 1.20 bits per heavy atom. The number of nitrogens with zero attached hydrogens (tertiary/aromatic N) is 2. The summed E-state index contributed by atoms with van der Waals surface area (Å²) in [7, 11) is -1.78. The molecule has 0 spiro atoms. The number of halogens is 2. The van der Waals surface area contributed by atoms with E-state index in [0.29, 0.717) is 18.7 Å². The molecule has 1 aliphatic carbocycles. The summed E-state index contributed by atoms with van der Waals surface area (Å²) in [5.74, 6) is -3.27. The van der Waals surface area contributed by atoms with Gasteiger partial charge in [-0.25, -0.2) is 17.2 Å². The molecule has 160 valence electrons. The van der Waals surface area contributed by atoms with E-state index in [1.165, 1.54) is 4.31 Å². The van der Waals surface area contributed by atoms with Crippen LogP contribution in [0.1, 0.15) is 14.3 Å². The highest BCUT2D eigenvalue weighted by molar-refractivity contribution is 7.89. The molecule has 5 rings (SSSR count). The number of benzene rings is 2. The number of anilines is 1. The van der Waals surface area contributed by atoms with E-state index < -0.39 is 21.9 Å². The third kappa shape index (κ3) is 3.28. The first kappa shape index (κ1) is 19.5. The number of alkyl halides is 2. The fourth-order valence-corrected chi connectivity index (χ4v) is 5.56. The van der Waals surface area contributed by atoms with Gasteiger partial charge in [-0.2, -0.15) is 4.31 Å². The molecule has 2 aliphatic rings. The van der Waals surface area contributed by atoms with Crippen LogP contribution in [0.5, 0.6) is 0 Å². The molecule has 1 unspecified atom stereocenters. The third-order valence-electron chi connectivity index (χ3n) is 6.10. The largest absolute Gasteiger partial charge is 0.374 e. The highest BCUT2D eigenvalue weighted by Gasteiger charge is 2.57. The van der Waals surface area contributed by atoms with Crippen LogP contribution >= 0.6 is 0 Å². The van der Waals surface area contributed by atoms with E-state index in [0.717, 1.165) is 28.7 Å². The fraction of sp³-hybridized carbons (Fsp3) is 0.364. The average Bonchev–Trinajstić information content (AvgIpc) is 3.07. The second kappa shape index (κ2) is 6.78. The van der Waals surface area contributed by atoms with Crippen molar-refractivity contribution in [3.63, 3.8) is 0 Å². The summed E-state index contributed by atoms with van der Waals surface area (Å²) in [6.45, 7) is 1.28. The zero-order chi connectivity index (χ0) is 21.1. The molecule has 1 aromatic heterocycles. The number of sulfonamides is 1. The molecule has 1 aliphatic heterocycles. The Balaban J connectivity index is 0.00000231. The van der Waals surface area contributed by atoms with Gasteiger partial charge in [-0.1, -0.05) is 18.2 Å². The Kier molecular flexibility index (Phi) is 4.41. The molecule has 30 heavy (non-hydrogen) atoms. The maximum Gasteiger partial charge on any atom is 0.253 e. The summed E-state index contributed by atoms with van der Waals surface area (Å²) in [6.07, 6.45) is 0.769. The van der Waals surface area contributed by atoms with E-state index >= 15 is 0 Å². The Morgan fingerprint density at radius 3 is 2.57 bits per heavy atom. The molecule has 1 saturated heterocycles. The van der Waals surface area contributed by atoms with Gasteiger partial charge in [0.25, 0.3) is 5.92 Å². The minimum absolute atomic E-state index is 0. The van der Waals surface area contributed by atoms with Gasteiger partial charge in [0.2, 0.25) is 10.0 Å². The molecule has 0 amide bonds. The predicted molar refractivity (Wildman–Crippen MR) is 116 cm³/mol. The van der Waals surface area contributed by atoms with Crippen molar-refractivity contribution in [2.75, 3.05) is 31.6 Å². The molecule has 1 N–H and O–H groups in total. The third-order valence-corrected chi connectivity index (χ3v) is 8.00. The van der Waals surface area contributed by atoms with Gasteiger partial charge in [-0.05, 0) is 36.8 Å². The zero-order valence-corrected chi connectivity index (χ0v) is 17.4. The first-order valence-corrected chi connectivity index (χ1v) is 11.5. The topological polar surface area (TPSA) is 56.4 Å². The standard InChI is InChI=1S/C22H23F2N3O2S.H2/c1-26(14-16-13-22(16,23)24)21-8-7-17(30(28,29)27-9-4-10-27)12-18(21)20-11-15-5-2-3-6-19(15)25-20;/h2-3,5-8,11-12,16,25H,4,9-10,13-14H2,1H3;1H. The monoisotopic (exact) mass is 433 g/mol. The molecule has 0 bridgehead atoms. The lowest BCUT2D eigenvalue weighted by molar-refractivity contribution is 0.100. The lowest BCUT2D eigenvalue weighted by Gasteiger charge is -2.30. The lowest BCUT2D eigenvalue weighted by atomic mass is 10.1. The minimum Gasteiger partial charge on any atom is -0.374 e. The summed E-state index contributed by atoms with van der Waals surface area (Å²) in [5.41, 5.74) is 3.12. The van der Waals surface area contributed by atoms with E-state index in [-0.39, 0.29) is 19.3 Å². The number of hydrogen-bond acceptors (Lipinski definition) is 3. The first-order chi connectivity index (χ1) is 14.3. The predicted octanol–water partition coefficient (Wildman–Crippen LogP) is 4.57.